The molecule has 2 heterocycles. The average molecular weight is 386 g/mol. The Morgan fingerprint density at radius 3 is 2.61 bits per heavy atom. The Balaban J connectivity index is 1.50. The predicted molar refractivity (Wildman–Crippen MR) is 111 cm³/mol. The zero-order valence-electron chi connectivity index (χ0n) is 16.9. The number of nitrogens with zero attached hydrogens (tertiary/aromatic N) is 4. The monoisotopic (exact) mass is 385 g/mol. The Morgan fingerprint density at radius 1 is 1.14 bits per heavy atom. The first-order valence-electron chi connectivity index (χ1n) is 10.0. The molecule has 0 radical (unpaired) electrons. The number of urea groups is 1. The molecule has 0 spiro atoms. The van der Waals surface area contributed by atoms with Gasteiger partial charge in [-0.05, 0) is 31.9 Å². The van der Waals surface area contributed by atoms with Gasteiger partial charge in [-0.25, -0.2) is 9.48 Å². The first-order chi connectivity index (χ1) is 13.7. The smallest absolute Gasteiger partial charge is 0.323 e. The van der Waals surface area contributed by atoms with E-state index in [1.807, 2.05) is 33.8 Å². The van der Waals surface area contributed by atoms with E-state index in [2.05, 4.69) is 34.4 Å². The van der Waals surface area contributed by atoms with Gasteiger partial charge in [0.05, 0.1) is 12.2 Å². The van der Waals surface area contributed by atoms with E-state index >= 15 is 0 Å². The molecule has 7 nitrogen and oxygen atoms in total. The van der Waals surface area contributed by atoms with Gasteiger partial charge in [-0.3, -0.25) is 10.2 Å². The maximum Gasteiger partial charge on any atom is 0.323 e. The van der Waals surface area contributed by atoms with Gasteiger partial charge in [0.1, 0.15) is 5.82 Å². The van der Waals surface area contributed by atoms with E-state index in [0.29, 0.717) is 0 Å². The van der Waals surface area contributed by atoms with Crippen molar-refractivity contribution in [2.45, 2.75) is 25.8 Å². The number of nitrogens with one attached hydrogen (secondary N) is 1. The Morgan fingerprint density at radius 2 is 1.89 bits per heavy atom. The van der Waals surface area contributed by atoms with Gasteiger partial charge in [0.2, 0.25) is 0 Å². The lowest BCUT2D eigenvalue weighted by Gasteiger charge is -2.34. The molecule has 0 unspecified atom stereocenters. The lowest BCUT2D eigenvalue weighted by molar-refractivity contribution is 0.140. The van der Waals surface area contributed by atoms with E-state index in [9.17, 15) is 4.79 Å². The molecule has 7 heteroatoms. The highest BCUT2D eigenvalue weighted by molar-refractivity contribution is 5.88. The number of carbonyl (C=O) groups is 1. The zero-order chi connectivity index (χ0) is 19.8. The minimum absolute atomic E-state index is 0.0513. The normalized spacial score (nSPS) is 16.1. The number of rotatable bonds is 8. The molecule has 28 heavy (non-hydrogen) atoms. The van der Waals surface area contributed by atoms with Crippen molar-refractivity contribution in [3.05, 3.63) is 48.2 Å². The maximum absolute atomic E-state index is 12.7. The van der Waals surface area contributed by atoms with Crippen molar-refractivity contribution in [1.82, 2.24) is 19.6 Å². The van der Waals surface area contributed by atoms with Crippen molar-refractivity contribution < 1.29 is 9.53 Å². The van der Waals surface area contributed by atoms with E-state index < -0.39 is 0 Å². The van der Waals surface area contributed by atoms with Crippen LogP contribution in [0.4, 0.5) is 10.6 Å². The summed E-state index contributed by atoms with van der Waals surface area (Å²) in [4.78, 5) is 17.0. The summed E-state index contributed by atoms with van der Waals surface area (Å²) < 4.78 is 6.96. The van der Waals surface area contributed by atoms with Gasteiger partial charge in [0.15, 0.2) is 0 Å². The van der Waals surface area contributed by atoms with Crippen LogP contribution in [0.1, 0.15) is 31.4 Å². The van der Waals surface area contributed by atoms with E-state index in [0.717, 1.165) is 63.6 Å². The number of hydrogen-bond donors (Lipinski definition) is 1. The van der Waals surface area contributed by atoms with E-state index in [4.69, 9.17) is 4.74 Å². The van der Waals surface area contributed by atoms with Crippen LogP contribution in [0.15, 0.2) is 42.6 Å². The van der Waals surface area contributed by atoms with Gasteiger partial charge in [-0.15, -0.1) is 0 Å². The Kier molecular flexibility index (Phi) is 7.45. The van der Waals surface area contributed by atoms with Crippen molar-refractivity contribution in [1.29, 1.82) is 0 Å². The SMILES string of the molecule is COCCCCN1CCN(C(=O)Nc2ccnn2[C@@H](C)c2ccccc2)CC1. The molecule has 1 aliphatic rings. The molecular formula is C21H31N5O2. The second-order valence-corrected chi connectivity index (χ2v) is 7.21. The summed E-state index contributed by atoms with van der Waals surface area (Å²) >= 11 is 0. The topological polar surface area (TPSA) is 62.6 Å². The van der Waals surface area contributed by atoms with Crippen molar-refractivity contribution in [2.24, 2.45) is 0 Å². The summed E-state index contributed by atoms with van der Waals surface area (Å²) in [6, 6.07) is 12.0. The highest BCUT2D eigenvalue weighted by atomic mass is 16.5. The molecule has 3 rings (SSSR count). The fraction of sp³-hybridized carbons (Fsp3) is 0.524. The second-order valence-electron chi connectivity index (χ2n) is 7.21. The summed E-state index contributed by atoms with van der Waals surface area (Å²) in [5, 5.41) is 7.45. The van der Waals surface area contributed by atoms with Gasteiger partial charge in [0.25, 0.3) is 0 Å². The highest BCUT2D eigenvalue weighted by Crippen LogP contribution is 2.21. The van der Waals surface area contributed by atoms with Crippen LogP contribution in [-0.2, 0) is 4.74 Å². The quantitative estimate of drug-likeness (QED) is 0.710. The molecule has 1 aromatic heterocycles. The highest BCUT2D eigenvalue weighted by Gasteiger charge is 2.22. The van der Waals surface area contributed by atoms with Gasteiger partial charge < -0.3 is 9.64 Å². The van der Waals surface area contributed by atoms with Crippen LogP contribution in [0.3, 0.4) is 0 Å². The number of methoxy groups -OCH3 is 1. The minimum atomic E-state index is -0.0546. The number of aromatic nitrogens is 2. The van der Waals surface area contributed by atoms with Gasteiger partial charge >= 0.3 is 6.03 Å². The third kappa shape index (κ3) is 5.33. The van der Waals surface area contributed by atoms with Crippen LogP contribution >= 0.6 is 0 Å². The average Bonchev–Trinajstić information content (AvgIpc) is 3.19. The molecule has 1 aliphatic heterocycles. The third-order valence-electron chi connectivity index (χ3n) is 5.29. The van der Waals surface area contributed by atoms with Crippen molar-refractivity contribution in [3.63, 3.8) is 0 Å². The fourth-order valence-electron chi connectivity index (χ4n) is 3.54. The second kappa shape index (κ2) is 10.2. The molecule has 2 aromatic rings. The number of unbranched alkanes of at least 4 members (excludes halogenated alkanes) is 1. The zero-order valence-corrected chi connectivity index (χ0v) is 16.9. The van der Waals surface area contributed by atoms with Gasteiger partial charge in [-0.1, -0.05) is 30.3 Å². The Bertz CT molecular complexity index is 725. The Hall–Kier alpha value is -2.38. The molecule has 0 aliphatic carbocycles. The molecule has 0 saturated carbocycles. The molecule has 2 amide bonds. The van der Waals surface area contributed by atoms with Crippen molar-refractivity contribution in [3.8, 4) is 0 Å². The number of amides is 2. The van der Waals surface area contributed by atoms with E-state index in [-0.39, 0.29) is 12.1 Å². The van der Waals surface area contributed by atoms with Gasteiger partial charge in [-0.2, -0.15) is 5.10 Å². The lowest BCUT2D eigenvalue weighted by Crippen LogP contribution is -2.50. The molecule has 0 bridgehead atoms. The summed E-state index contributed by atoms with van der Waals surface area (Å²) in [7, 11) is 1.74. The summed E-state index contributed by atoms with van der Waals surface area (Å²) in [6.45, 7) is 7.30. The number of carbonyl (C=O) groups excluding carboxylic acids is 1. The largest absolute Gasteiger partial charge is 0.385 e. The third-order valence-corrected chi connectivity index (χ3v) is 5.29. The maximum atomic E-state index is 12.7. The number of hydrogen-bond acceptors (Lipinski definition) is 4. The minimum Gasteiger partial charge on any atom is -0.385 e. The molecule has 1 N–H and O–H groups in total. The van der Waals surface area contributed by atoms with Crippen LogP contribution < -0.4 is 5.32 Å². The van der Waals surface area contributed by atoms with E-state index in [1.54, 1.807) is 13.3 Å². The Labute approximate surface area is 167 Å². The first-order valence-corrected chi connectivity index (χ1v) is 10.0. The predicted octanol–water partition coefficient (Wildman–Crippen LogP) is 3.07. The molecule has 1 fully saturated rings. The molecule has 152 valence electrons. The van der Waals surface area contributed by atoms with Crippen LogP contribution in [0.2, 0.25) is 0 Å². The van der Waals surface area contributed by atoms with Crippen molar-refractivity contribution in [2.75, 3.05) is 51.8 Å². The van der Waals surface area contributed by atoms with Crippen LogP contribution in [0.5, 0.6) is 0 Å². The number of anilines is 1. The van der Waals surface area contributed by atoms with Crippen LogP contribution in [0, 0.1) is 0 Å². The fourth-order valence-corrected chi connectivity index (χ4v) is 3.54. The summed E-state index contributed by atoms with van der Waals surface area (Å²) in [6.07, 6.45) is 3.95. The number of benzene rings is 1. The first kappa shape index (κ1) is 20.4. The lowest BCUT2D eigenvalue weighted by atomic mass is 10.1. The molecular weight excluding hydrogens is 354 g/mol. The van der Waals surface area contributed by atoms with Gasteiger partial charge in [0, 0.05) is 46.0 Å². The standard InChI is InChI=1S/C21H31N5O2/c1-18(19-8-4-3-5-9-19)26-20(10-11-22-26)23-21(27)25-15-13-24(14-16-25)12-6-7-17-28-2/h3-5,8-11,18H,6-7,12-17H2,1-2H3,(H,23,27)/t18-/m0/s1. The summed E-state index contributed by atoms with van der Waals surface area (Å²) in [5.41, 5.74) is 1.16. The van der Waals surface area contributed by atoms with Crippen molar-refractivity contribution >= 4 is 11.8 Å². The molecule has 1 aromatic carbocycles. The van der Waals surface area contributed by atoms with Crippen LogP contribution in [-0.4, -0.2) is 72.1 Å². The van der Waals surface area contributed by atoms with E-state index in [1.165, 1.54) is 0 Å². The number of ether oxygens (including phenoxy) is 1. The van der Waals surface area contributed by atoms with Crippen LogP contribution in [0.25, 0.3) is 0 Å². The molecule has 1 saturated heterocycles. The molecule has 1 atom stereocenters. The summed E-state index contributed by atoms with van der Waals surface area (Å²) in [5.74, 6) is 0.725. The number of piperazine rings is 1.